The highest BCUT2D eigenvalue weighted by Crippen LogP contribution is 2.27. The maximum Gasteiger partial charge on any atom is -0.0184 e. The summed E-state index contributed by atoms with van der Waals surface area (Å²) in [5, 5.41) is 0. The molecule has 103 heavy (non-hydrogen) atoms. The summed E-state index contributed by atoms with van der Waals surface area (Å²) in [6, 6.07) is 106. The maximum atomic E-state index is 2.27. The van der Waals surface area contributed by atoms with E-state index in [9.17, 15) is 0 Å². The Labute approximate surface area is 626 Å². The Balaban J connectivity index is 0.000000194. The summed E-state index contributed by atoms with van der Waals surface area (Å²) in [6.45, 7) is 26.1. The van der Waals surface area contributed by atoms with Crippen molar-refractivity contribution in [1.82, 2.24) is 0 Å². The predicted molar refractivity (Wildman–Crippen MR) is 458 cm³/mol. The smallest absolute Gasteiger partial charge is 0.0184 e. The van der Waals surface area contributed by atoms with Gasteiger partial charge in [0, 0.05) is 0 Å². The van der Waals surface area contributed by atoms with Crippen LogP contribution in [-0.2, 0) is 38.5 Å². The van der Waals surface area contributed by atoms with E-state index in [-0.39, 0.29) is 7.43 Å². The van der Waals surface area contributed by atoms with Crippen LogP contribution in [0.15, 0.2) is 291 Å². The molecule has 0 aliphatic carbocycles. The first-order valence-electron chi connectivity index (χ1n) is 38.7. The molecular formula is C103H124. The van der Waals surface area contributed by atoms with Gasteiger partial charge < -0.3 is 0 Å². The Hall–Kier alpha value is -9.36. The zero-order chi connectivity index (χ0) is 72.5. The fourth-order valence-electron chi connectivity index (χ4n) is 12.1. The van der Waals surface area contributed by atoms with Crippen molar-refractivity contribution in [2.24, 2.45) is 0 Å². The van der Waals surface area contributed by atoms with Crippen LogP contribution in [0.4, 0.5) is 0 Å². The third-order valence-electron chi connectivity index (χ3n) is 19.0. The fourth-order valence-corrected chi connectivity index (χ4v) is 12.1. The lowest BCUT2D eigenvalue weighted by Gasteiger charge is -2.05. The van der Waals surface area contributed by atoms with Crippen LogP contribution in [0.2, 0.25) is 0 Å². The van der Waals surface area contributed by atoms with Gasteiger partial charge in [-0.05, 0) is 206 Å². The Morgan fingerprint density at radius 1 is 0.146 bits per heavy atom. The molecule has 0 amide bonds. The van der Waals surface area contributed by atoms with Gasteiger partial charge in [-0.2, -0.15) is 0 Å². The van der Waals surface area contributed by atoms with Crippen molar-refractivity contribution in [2.75, 3.05) is 0 Å². The van der Waals surface area contributed by atoms with Gasteiger partial charge in [0.1, 0.15) is 0 Å². The summed E-state index contributed by atoms with van der Waals surface area (Å²) in [5.74, 6) is 0. The average molecular weight is 1360 g/mol. The highest BCUT2D eigenvalue weighted by molar-refractivity contribution is 5.68. The minimum atomic E-state index is 0. The second-order valence-corrected chi connectivity index (χ2v) is 28.0. The lowest BCUT2D eigenvalue weighted by atomic mass is 10.0. The summed E-state index contributed by atoms with van der Waals surface area (Å²) >= 11 is 0. The molecule has 0 aromatic heterocycles. The predicted octanol–water partition coefficient (Wildman–Crippen LogP) is 30.7. The van der Waals surface area contributed by atoms with Crippen LogP contribution in [0.3, 0.4) is 0 Å². The van der Waals surface area contributed by atoms with E-state index >= 15 is 0 Å². The first-order chi connectivity index (χ1) is 49.8. The Bertz CT molecular complexity index is 3910. The molecule has 12 aromatic rings. The molecule has 0 fully saturated rings. The lowest BCUT2D eigenvalue weighted by Crippen LogP contribution is -1.86. The Morgan fingerprint density at radius 3 is 0.447 bits per heavy atom. The molecule has 12 rings (SSSR count). The van der Waals surface area contributed by atoms with Gasteiger partial charge in [-0.1, -0.05) is 425 Å². The van der Waals surface area contributed by atoms with Crippen LogP contribution in [0.25, 0.3) is 66.8 Å². The quantitative estimate of drug-likeness (QED) is 0.0529. The monoisotopic (exact) mass is 1360 g/mol. The molecule has 0 bridgehead atoms. The Morgan fingerprint density at radius 2 is 0.291 bits per heavy atom. The van der Waals surface area contributed by atoms with Crippen LogP contribution in [-0.4, -0.2) is 0 Å². The summed E-state index contributed by atoms with van der Waals surface area (Å²) < 4.78 is 0. The first kappa shape index (κ1) is 82.6. The minimum absolute atomic E-state index is 0. The average Bonchev–Trinajstić information content (AvgIpc) is 0.951. The SMILES string of the molecule is C.CCCCCc1ccc(-c2ccc(C)cc2)cc1.CCCCCc1ccc(-c2ccc(C)cc2)cc1.CCCCCc1ccc(-c2ccc(C)cc2)cc1.CCCCc1ccc(-c2ccc(C)cc2)cc1.CCCc1ccc(-c2ccc(C)cc2)cc1.CCc1ccc(-c2ccc(C)cc2)cc1. The van der Waals surface area contributed by atoms with Crippen LogP contribution in [0.1, 0.15) is 193 Å². The highest BCUT2D eigenvalue weighted by atomic mass is 14.1. The van der Waals surface area contributed by atoms with E-state index < -0.39 is 0 Å². The van der Waals surface area contributed by atoms with E-state index in [0.29, 0.717) is 0 Å². The molecule has 0 atom stereocenters. The van der Waals surface area contributed by atoms with E-state index in [1.54, 1.807) is 0 Å². The number of hydrogen-bond donors (Lipinski definition) is 0. The maximum absolute atomic E-state index is 2.27. The van der Waals surface area contributed by atoms with E-state index in [1.807, 2.05) is 0 Å². The van der Waals surface area contributed by atoms with Gasteiger partial charge in [-0.15, -0.1) is 0 Å². The number of hydrogen-bond acceptors (Lipinski definition) is 0. The van der Waals surface area contributed by atoms with E-state index in [1.165, 1.54) is 243 Å². The van der Waals surface area contributed by atoms with Gasteiger partial charge in [0.15, 0.2) is 0 Å². The first-order valence-corrected chi connectivity index (χ1v) is 38.7. The normalized spacial score (nSPS) is 10.4. The summed E-state index contributed by atoms with van der Waals surface area (Å²) in [7, 11) is 0. The highest BCUT2D eigenvalue weighted by Gasteiger charge is 2.05. The van der Waals surface area contributed by atoms with Gasteiger partial charge >= 0.3 is 0 Å². The van der Waals surface area contributed by atoms with Crippen LogP contribution >= 0.6 is 0 Å². The molecule has 0 N–H and O–H groups in total. The number of unbranched alkanes of at least 4 members (excludes halogenated alkanes) is 7. The summed E-state index contributed by atoms with van der Waals surface area (Å²) in [5.41, 5.74) is 32.2. The summed E-state index contributed by atoms with van der Waals surface area (Å²) in [4.78, 5) is 0. The molecular weight excluding hydrogens is 1240 g/mol. The van der Waals surface area contributed by atoms with Crippen molar-refractivity contribution in [3.05, 3.63) is 358 Å². The van der Waals surface area contributed by atoms with Crippen molar-refractivity contribution in [3.8, 4) is 66.8 Å². The molecule has 0 heteroatoms. The standard InChI is InChI=1S/3C18H22.C17H20.C16H18.C15H16.CH4/c3*1-3-4-5-6-16-9-13-18(14-10-16)17-11-7-15(2)8-12-17;1-3-4-5-15-8-12-17(13-9-15)16-10-6-14(2)7-11-16;1-3-4-14-7-11-16(12-8-14)15-9-5-13(2)6-10-15;1-3-13-6-10-15(11-7-13)14-8-4-12(2)5-9-14;/h3*7-14H,3-6H2,1-2H3;6-13H,3-5H2,1-2H3;5-12H,3-4H2,1-2H3;4-11H,3H2,1-2H3;1H4. The van der Waals surface area contributed by atoms with Gasteiger partial charge in [-0.3, -0.25) is 0 Å². The lowest BCUT2D eigenvalue weighted by molar-refractivity contribution is 0.717. The van der Waals surface area contributed by atoms with Crippen molar-refractivity contribution < 1.29 is 0 Å². The zero-order valence-corrected chi connectivity index (χ0v) is 64.4. The van der Waals surface area contributed by atoms with Crippen LogP contribution in [0.5, 0.6) is 0 Å². The molecule has 0 saturated carbocycles. The number of benzene rings is 12. The molecule has 536 valence electrons. The molecule has 0 saturated heterocycles. The van der Waals surface area contributed by atoms with Crippen molar-refractivity contribution in [3.63, 3.8) is 0 Å². The van der Waals surface area contributed by atoms with Crippen molar-refractivity contribution in [1.29, 1.82) is 0 Å². The van der Waals surface area contributed by atoms with Gasteiger partial charge in [-0.25, -0.2) is 0 Å². The third kappa shape index (κ3) is 30.2. The van der Waals surface area contributed by atoms with Crippen molar-refractivity contribution >= 4 is 0 Å². The van der Waals surface area contributed by atoms with Gasteiger partial charge in [0.25, 0.3) is 0 Å². The fraction of sp³-hybridized carbons (Fsp3) is 0.301. The second-order valence-electron chi connectivity index (χ2n) is 28.0. The minimum Gasteiger partial charge on any atom is -0.0776 e. The second kappa shape index (κ2) is 47.0. The number of rotatable bonds is 24. The molecule has 0 nitrogen and oxygen atoms in total. The summed E-state index contributed by atoms with van der Waals surface area (Å²) in [6.07, 6.45) is 22.7. The number of aryl methyl sites for hydroxylation is 12. The van der Waals surface area contributed by atoms with E-state index in [0.717, 1.165) is 6.42 Å². The molecule has 0 heterocycles. The van der Waals surface area contributed by atoms with Crippen LogP contribution < -0.4 is 0 Å². The molecule has 0 unspecified atom stereocenters. The topological polar surface area (TPSA) is 0 Å². The molecule has 0 radical (unpaired) electrons. The van der Waals surface area contributed by atoms with Crippen molar-refractivity contribution in [2.45, 2.75) is 206 Å². The van der Waals surface area contributed by atoms with E-state index in [2.05, 4.69) is 374 Å². The Kier molecular flexibility index (Phi) is 37.7. The van der Waals surface area contributed by atoms with Gasteiger partial charge in [0.05, 0.1) is 0 Å². The van der Waals surface area contributed by atoms with Gasteiger partial charge in [0.2, 0.25) is 0 Å². The van der Waals surface area contributed by atoms with E-state index in [4.69, 9.17) is 0 Å². The largest absolute Gasteiger partial charge is 0.0776 e. The molecule has 0 spiro atoms. The van der Waals surface area contributed by atoms with Crippen LogP contribution in [0, 0.1) is 41.5 Å². The molecule has 0 aliphatic heterocycles. The zero-order valence-electron chi connectivity index (χ0n) is 64.4. The molecule has 0 aliphatic rings. The molecule has 12 aromatic carbocycles. The third-order valence-corrected chi connectivity index (χ3v) is 19.0.